The molecular weight excluding hydrogens is 286 g/mol. The van der Waals surface area contributed by atoms with Gasteiger partial charge in [-0.15, -0.1) is 0 Å². The number of aromatic nitrogens is 3. The second-order valence-corrected chi connectivity index (χ2v) is 4.42. The van der Waals surface area contributed by atoms with Gasteiger partial charge in [-0.25, -0.2) is 4.98 Å². The van der Waals surface area contributed by atoms with Crippen LogP contribution in [0.15, 0.2) is 36.8 Å². The molecular formula is C14H17N5O3. The first-order valence-electron chi connectivity index (χ1n) is 6.75. The normalized spacial score (nSPS) is 10.0. The lowest BCUT2D eigenvalue weighted by Gasteiger charge is -2.07. The van der Waals surface area contributed by atoms with Crippen molar-refractivity contribution in [2.24, 2.45) is 0 Å². The van der Waals surface area contributed by atoms with Crippen LogP contribution in [0.4, 0.5) is 5.69 Å². The van der Waals surface area contributed by atoms with Crippen LogP contribution in [0.2, 0.25) is 0 Å². The van der Waals surface area contributed by atoms with Crippen molar-refractivity contribution in [1.29, 1.82) is 0 Å². The number of ether oxygens (including phenoxy) is 1. The largest absolute Gasteiger partial charge is 0.481 e. The van der Waals surface area contributed by atoms with Gasteiger partial charge in [0.25, 0.3) is 0 Å². The van der Waals surface area contributed by atoms with Crippen molar-refractivity contribution in [3.63, 3.8) is 0 Å². The van der Waals surface area contributed by atoms with E-state index in [2.05, 4.69) is 20.7 Å². The van der Waals surface area contributed by atoms with Gasteiger partial charge in [-0.1, -0.05) is 0 Å². The summed E-state index contributed by atoms with van der Waals surface area (Å²) in [5, 5.41) is 9.06. The van der Waals surface area contributed by atoms with Crippen LogP contribution in [0, 0.1) is 0 Å². The molecule has 0 atom stereocenters. The summed E-state index contributed by atoms with van der Waals surface area (Å²) in [6, 6.07) is 5.03. The van der Waals surface area contributed by atoms with E-state index in [1.165, 1.54) is 13.3 Å². The first-order valence-corrected chi connectivity index (χ1v) is 6.75. The number of methoxy groups -OCH3 is 1. The molecule has 0 spiro atoms. The van der Waals surface area contributed by atoms with Crippen LogP contribution in [0.5, 0.6) is 5.88 Å². The van der Waals surface area contributed by atoms with Crippen LogP contribution in [0.1, 0.15) is 6.42 Å². The van der Waals surface area contributed by atoms with E-state index in [4.69, 9.17) is 4.74 Å². The number of rotatable bonds is 6. The number of anilines is 1. The van der Waals surface area contributed by atoms with Gasteiger partial charge in [0.15, 0.2) is 0 Å². The highest BCUT2D eigenvalue weighted by molar-refractivity contribution is 6.39. The summed E-state index contributed by atoms with van der Waals surface area (Å²) in [6.07, 6.45) is 5.63. The molecule has 0 fully saturated rings. The maximum Gasteiger partial charge on any atom is 0.313 e. The van der Waals surface area contributed by atoms with Gasteiger partial charge in [0, 0.05) is 31.5 Å². The minimum absolute atomic E-state index is 0.396. The SMILES string of the molecule is COc1ccc(NC(=O)C(=O)NCCCn2cccn2)cn1. The molecule has 0 aromatic carbocycles. The molecule has 116 valence electrons. The quantitative estimate of drug-likeness (QED) is 0.596. The van der Waals surface area contributed by atoms with Crippen LogP contribution in [0.3, 0.4) is 0 Å². The van der Waals surface area contributed by atoms with Crippen molar-refractivity contribution in [3.8, 4) is 5.88 Å². The Morgan fingerprint density at radius 2 is 2.18 bits per heavy atom. The van der Waals surface area contributed by atoms with Gasteiger partial charge in [0.1, 0.15) is 0 Å². The molecule has 2 aromatic heterocycles. The molecule has 0 bridgehead atoms. The molecule has 8 heteroatoms. The molecule has 2 heterocycles. The standard InChI is InChI=1S/C14H17N5O3/c1-22-12-5-4-11(10-16-12)18-14(21)13(20)15-6-2-8-19-9-3-7-17-19/h3-5,7,9-10H,2,6,8H2,1H3,(H,15,20)(H,18,21). The number of pyridine rings is 1. The van der Waals surface area contributed by atoms with Crippen LogP contribution in [0.25, 0.3) is 0 Å². The molecule has 0 radical (unpaired) electrons. The number of aryl methyl sites for hydroxylation is 1. The van der Waals surface area contributed by atoms with Gasteiger partial charge < -0.3 is 15.4 Å². The van der Waals surface area contributed by atoms with E-state index in [-0.39, 0.29) is 0 Å². The Balaban J connectivity index is 1.70. The minimum Gasteiger partial charge on any atom is -0.481 e. The van der Waals surface area contributed by atoms with Crippen LogP contribution in [-0.2, 0) is 16.1 Å². The summed E-state index contributed by atoms with van der Waals surface area (Å²) in [5.74, 6) is -0.983. The number of carbonyl (C=O) groups is 2. The van der Waals surface area contributed by atoms with E-state index in [0.717, 1.165) is 0 Å². The van der Waals surface area contributed by atoms with Crippen molar-refractivity contribution in [2.75, 3.05) is 19.0 Å². The number of nitrogens with zero attached hydrogens (tertiary/aromatic N) is 3. The maximum absolute atomic E-state index is 11.7. The molecule has 0 saturated carbocycles. The Kier molecular flexibility index (Phi) is 5.47. The van der Waals surface area contributed by atoms with E-state index >= 15 is 0 Å². The Bertz CT molecular complexity index is 610. The predicted molar refractivity (Wildman–Crippen MR) is 79.3 cm³/mol. The Morgan fingerprint density at radius 1 is 1.32 bits per heavy atom. The van der Waals surface area contributed by atoms with E-state index in [1.54, 1.807) is 23.0 Å². The molecule has 0 aliphatic heterocycles. The maximum atomic E-state index is 11.7. The lowest BCUT2D eigenvalue weighted by molar-refractivity contribution is -0.136. The number of carbonyl (C=O) groups excluding carboxylic acids is 2. The molecule has 2 amide bonds. The fraction of sp³-hybridized carbons (Fsp3) is 0.286. The van der Waals surface area contributed by atoms with Gasteiger partial charge in [-0.3, -0.25) is 14.3 Å². The second-order valence-electron chi connectivity index (χ2n) is 4.42. The van der Waals surface area contributed by atoms with Crippen molar-refractivity contribution in [2.45, 2.75) is 13.0 Å². The Labute approximate surface area is 127 Å². The number of hydrogen-bond donors (Lipinski definition) is 2. The Hall–Kier alpha value is -2.90. The molecule has 2 rings (SSSR count). The summed E-state index contributed by atoms with van der Waals surface area (Å²) in [5.41, 5.74) is 0.428. The Morgan fingerprint density at radius 3 is 2.82 bits per heavy atom. The summed E-state index contributed by atoms with van der Waals surface area (Å²) >= 11 is 0. The van der Waals surface area contributed by atoms with Gasteiger partial charge in [-0.2, -0.15) is 5.10 Å². The van der Waals surface area contributed by atoms with Crippen molar-refractivity contribution >= 4 is 17.5 Å². The van der Waals surface area contributed by atoms with Gasteiger partial charge in [-0.05, 0) is 18.6 Å². The molecule has 0 saturated heterocycles. The third-order valence-corrected chi connectivity index (χ3v) is 2.82. The number of hydrogen-bond acceptors (Lipinski definition) is 5. The third-order valence-electron chi connectivity index (χ3n) is 2.82. The van der Waals surface area contributed by atoms with Gasteiger partial charge >= 0.3 is 11.8 Å². The average molecular weight is 303 g/mol. The zero-order chi connectivity index (χ0) is 15.8. The first kappa shape index (κ1) is 15.5. The summed E-state index contributed by atoms with van der Waals surface area (Å²) < 4.78 is 6.67. The van der Waals surface area contributed by atoms with Crippen molar-refractivity contribution in [1.82, 2.24) is 20.1 Å². The van der Waals surface area contributed by atoms with Crippen molar-refractivity contribution < 1.29 is 14.3 Å². The summed E-state index contributed by atoms with van der Waals surface area (Å²) in [4.78, 5) is 27.3. The molecule has 2 N–H and O–H groups in total. The van der Waals surface area contributed by atoms with Crippen molar-refractivity contribution in [3.05, 3.63) is 36.8 Å². The summed E-state index contributed by atoms with van der Waals surface area (Å²) in [6.45, 7) is 1.07. The summed E-state index contributed by atoms with van der Waals surface area (Å²) in [7, 11) is 1.50. The zero-order valence-corrected chi connectivity index (χ0v) is 12.2. The predicted octanol–water partition coefficient (Wildman–Crippen LogP) is 0.432. The molecule has 0 aliphatic carbocycles. The highest BCUT2D eigenvalue weighted by Gasteiger charge is 2.13. The van der Waals surface area contributed by atoms with Gasteiger partial charge in [0.05, 0.1) is 19.0 Å². The average Bonchev–Trinajstić information content (AvgIpc) is 3.05. The van der Waals surface area contributed by atoms with E-state index in [9.17, 15) is 9.59 Å². The molecule has 0 aliphatic rings. The van der Waals surface area contributed by atoms with Crippen LogP contribution >= 0.6 is 0 Å². The third kappa shape index (κ3) is 4.58. The fourth-order valence-electron chi connectivity index (χ4n) is 1.72. The molecule has 0 unspecified atom stereocenters. The van der Waals surface area contributed by atoms with E-state index in [1.807, 2.05) is 12.3 Å². The topological polar surface area (TPSA) is 98.1 Å². The fourth-order valence-corrected chi connectivity index (χ4v) is 1.72. The number of nitrogens with one attached hydrogen (secondary N) is 2. The monoisotopic (exact) mass is 303 g/mol. The lowest BCUT2D eigenvalue weighted by Crippen LogP contribution is -2.36. The molecule has 22 heavy (non-hydrogen) atoms. The smallest absolute Gasteiger partial charge is 0.313 e. The highest BCUT2D eigenvalue weighted by atomic mass is 16.5. The lowest BCUT2D eigenvalue weighted by atomic mass is 10.4. The molecule has 2 aromatic rings. The van der Waals surface area contributed by atoms with E-state index in [0.29, 0.717) is 31.1 Å². The van der Waals surface area contributed by atoms with Crippen LogP contribution < -0.4 is 15.4 Å². The van der Waals surface area contributed by atoms with E-state index < -0.39 is 11.8 Å². The minimum atomic E-state index is -0.731. The van der Waals surface area contributed by atoms with Gasteiger partial charge in [0.2, 0.25) is 5.88 Å². The molecule has 8 nitrogen and oxygen atoms in total. The highest BCUT2D eigenvalue weighted by Crippen LogP contribution is 2.10. The van der Waals surface area contributed by atoms with Crippen LogP contribution in [-0.4, -0.2) is 40.2 Å². The second kappa shape index (κ2) is 7.77. The zero-order valence-electron chi connectivity index (χ0n) is 12.2. The number of amides is 2. The first-order chi connectivity index (χ1) is 10.7.